The molecule has 0 fully saturated rings. The minimum atomic E-state index is 0.00331. The summed E-state index contributed by atoms with van der Waals surface area (Å²) in [6.45, 7) is 3.05. The predicted octanol–water partition coefficient (Wildman–Crippen LogP) is 2.26. The van der Waals surface area contributed by atoms with Gasteiger partial charge in [-0.05, 0) is 25.1 Å². The lowest BCUT2D eigenvalue weighted by Crippen LogP contribution is -2.28. The molecule has 0 aliphatic rings. The van der Waals surface area contributed by atoms with Crippen LogP contribution in [0.5, 0.6) is 5.75 Å². The fraction of sp³-hybridized carbons (Fsp3) is 0.294. The van der Waals surface area contributed by atoms with Crippen LogP contribution >= 0.6 is 0 Å². The minimum absolute atomic E-state index is 0.00331. The Kier molecular flexibility index (Phi) is 5.36. The van der Waals surface area contributed by atoms with Crippen LogP contribution in [0, 0.1) is 0 Å². The van der Waals surface area contributed by atoms with E-state index in [4.69, 9.17) is 10.5 Å². The van der Waals surface area contributed by atoms with E-state index in [0.717, 1.165) is 11.3 Å². The van der Waals surface area contributed by atoms with Crippen molar-refractivity contribution in [3.05, 3.63) is 53.9 Å². The topological polar surface area (TPSA) is 68.5 Å². The lowest BCUT2D eigenvalue weighted by Gasteiger charge is -2.19. The molecular weight excluding hydrogens is 278 g/mol. The summed E-state index contributed by atoms with van der Waals surface area (Å²) in [7, 11) is 1.78. The van der Waals surface area contributed by atoms with Crippen LogP contribution in [0.25, 0.3) is 0 Å². The highest BCUT2D eigenvalue weighted by molar-refractivity contribution is 5.78. The van der Waals surface area contributed by atoms with Crippen molar-refractivity contribution in [2.75, 3.05) is 19.4 Å². The molecular formula is C17H21N3O2. The number of amides is 1. The highest BCUT2D eigenvalue weighted by atomic mass is 16.5. The van der Waals surface area contributed by atoms with Gasteiger partial charge in [0.05, 0.1) is 24.9 Å². The fourth-order valence-corrected chi connectivity index (χ4v) is 2.10. The molecule has 2 aromatic rings. The van der Waals surface area contributed by atoms with Crippen LogP contribution < -0.4 is 10.5 Å². The standard InChI is InChI=1S/C17H21N3O2/c1-3-22-16-7-5-4-6-13(16)12-20(2)17(21)10-15-9-8-14(18)11-19-15/h4-9,11H,3,10,12,18H2,1-2H3. The number of nitrogens with two attached hydrogens (primary N) is 1. The first-order chi connectivity index (χ1) is 10.6. The van der Waals surface area contributed by atoms with Gasteiger partial charge in [-0.1, -0.05) is 18.2 Å². The van der Waals surface area contributed by atoms with Crippen LogP contribution in [-0.4, -0.2) is 29.4 Å². The first kappa shape index (κ1) is 15.8. The summed E-state index contributed by atoms with van der Waals surface area (Å²) >= 11 is 0. The number of anilines is 1. The molecule has 5 nitrogen and oxygen atoms in total. The highest BCUT2D eigenvalue weighted by Gasteiger charge is 2.13. The van der Waals surface area contributed by atoms with Gasteiger partial charge in [-0.3, -0.25) is 9.78 Å². The molecule has 1 heterocycles. The van der Waals surface area contributed by atoms with E-state index < -0.39 is 0 Å². The molecule has 0 atom stereocenters. The summed E-state index contributed by atoms with van der Waals surface area (Å²) in [6, 6.07) is 11.3. The molecule has 22 heavy (non-hydrogen) atoms. The lowest BCUT2D eigenvalue weighted by molar-refractivity contribution is -0.129. The molecule has 0 radical (unpaired) electrons. The van der Waals surface area contributed by atoms with Crippen molar-refractivity contribution in [3.63, 3.8) is 0 Å². The zero-order valence-electron chi connectivity index (χ0n) is 13.0. The maximum Gasteiger partial charge on any atom is 0.228 e. The molecule has 0 saturated carbocycles. The second-order valence-corrected chi connectivity index (χ2v) is 5.05. The molecule has 0 saturated heterocycles. The van der Waals surface area contributed by atoms with Gasteiger partial charge in [0.15, 0.2) is 0 Å². The maximum absolute atomic E-state index is 12.3. The summed E-state index contributed by atoms with van der Waals surface area (Å²) in [4.78, 5) is 18.1. The molecule has 0 aliphatic heterocycles. The molecule has 0 unspecified atom stereocenters. The second kappa shape index (κ2) is 7.45. The van der Waals surface area contributed by atoms with Crippen molar-refractivity contribution < 1.29 is 9.53 Å². The Morgan fingerprint density at radius 1 is 1.27 bits per heavy atom. The van der Waals surface area contributed by atoms with E-state index in [1.807, 2.05) is 31.2 Å². The molecule has 0 spiro atoms. The molecule has 1 aromatic carbocycles. The Bertz CT molecular complexity index is 626. The number of carbonyl (C=O) groups excluding carboxylic acids is 1. The Balaban J connectivity index is 2.00. The number of nitrogens with zero attached hydrogens (tertiary/aromatic N) is 2. The average molecular weight is 299 g/mol. The lowest BCUT2D eigenvalue weighted by atomic mass is 10.1. The van der Waals surface area contributed by atoms with Crippen molar-refractivity contribution in [1.82, 2.24) is 9.88 Å². The quantitative estimate of drug-likeness (QED) is 0.888. The molecule has 5 heteroatoms. The largest absolute Gasteiger partial charge is 0.494 e. The van der Waals surface area contributed by atoms with E-state index in [1.54, 1.807) is 30.3 Å². The van der Waals surface area contributed by atoms with E-state index in [-0.39, 0.29) is 12.3 Å². The van der Waals surface area contributed by atoms with Crippen LogP contribution in [0.15, 0.2) is 42.6 Å². The zero-order valence-corrected chi connectivity index (χ0v) is 13.0. The zero-order chi connectivity index (χ0) is 15.9. The summed E-state index contributed by atoms with van der Waals surface area (Å²) in [5.74, 6) is 0.818. The van der Waals surface area contributed by atoms with Gasteiger partial charge in [0, 0.05) is 24.8 Å². The van der Waals surface area contributed by atoms with Crippen LogP contribution in [-0.2, 0) is 17.8 Å². The molecule has 1 amide bonds. The number of aromatic nitrogens is 1. The SMILES string of the molecule is CCOc1ccccc1CN(C)C(=O)Cc1ccc(N)cn1. The Morgan fingerprint density at radius 2 is 2.05 bits per heavy atom. The number of nitrogen functional groups attached to an aromatic ring is 1. The van der Waals surface area contributed by atoms with Crippen molar-refractivity contribution in [1.29, 1.82) is 0 Å². The van der Waals surface area contributed by atoms with E-state index in [9.17, 15) is 4.79 Å². The number of hydrogen-bond donors (Lipinski definition) is 1. The van der Waals surface area contributed by atoms with E-state index in [1.165, 1.54) is 0 Å². The first-order valence-electron chi connectivity index (χ1n) is 7.25. The number of carbonyl (C=O) groups is 1. The first-order valence-corrected chi connectivity index (χ1v) is 7.25. The van der Waals surface area contributed by atoms with Gasteiger partial charge in [-0.25, -0.2) is 0 Å². The smallest absolute Gasteiger partial charge is 0.228 e. The van der Waals surface area contributed by atoms with Gasteiger partial charge >= 0.3 is 0 Å². The normalized spacial score (nSPS) is 10.3. The van der Waals surface area contributed by atoms with Crippen LogP contribution in [0.2, 0.25) is 0 Å². The average Bonchev–Trinajstić information content (AvgIpc) is 2.51. The predicted molar refractivity (Wildman–Crippen MR) is 86.4 cm³/mol. The molecule has 0 aliphatic carbocycles. The third kappa shape index (κ3) is 4.22. The van der Waals surface area contributed by atoms with Crippen molar-refractivity contribution in [2.24, 2.45) is 0 Å². The molecule has 2 rings (SSSR count). The van der Waals surface area contributed by atoms with Crippen molar-refractivity contribution in [2.45, 2.75) is 19.9 Å². The summed E-state index contributed by atoms with van der Waals surface area (Å²) in [5.41, 5.74) is 7.89. The summed E-state index contributed by atoms with van der Waals surface area (Å²) in [5, 5.41) is 0. The van der Waals surface area contributed by atoms with E-state index >= 15 is 0 Å². The highest BCUT2D eigenvalue weighted by Crippen LogP contribution is 2.19. The van der Waals surface area contributed by atoms with Gasteiger partial charge in [0.25, 0.3) is 0 Å². The van der Waals surface area contributed by atoms with Gasteiger partial charge < -0.3 is 15.4 Å². The molecule has 0 bridgehead atoms. The van der Waals surface area contributed by atoms with E-state index in [0.29, 0.717) is 24.5 Å². The van der Waals surface area contributed by atoms with Crippen LogP contribution in [0.3, 0.4) is 0 Å². The Morgan fingerprint density at radius 3 is 2.73 bits per heavy atom. The third-order valence-corrected chi connectivity index (χ3v) is 3.29. The van der Waals surface area contributed by atoms with Crippen LogP contribution in [0.4, 0.5) is 5.69 Å². The number of benzene rings is 1. The summed E-state index contributed by atoms with van der Waals surface area (Å²) < 4.78 is 5.58. The number of pyridine rings is 1. The summed E-state index contributed by atoms with van der Waals surface area (Å²) in [6.07, 6.45) is 1.82. The third-order valence-electron chi connectivity index (χ3n) is 3.29. The second-order valence-electron chi connectivity index (χ2n) is 5.05. The number of rotatable bonds is 6. The molecule has 116 valence electrons. The monoisotopic (exact) mass is 299 g/mol. The number of ether oxygens (including phenoxy) is 1. The molecule has 1 aromatic heterocycles. The number of para-hydroxylation sites is 1. The fourth-order valence-electron chi connectivity index (χ4n) is 2.10. The van der Waals surface area contributed by atoms with Gasteiger partial charge in [0.1, 0.15) is 5.75 Å². The van der Waals surface area contributed by atoms with Gasteiger partial charge in [-0.15, -0.1) is 0 Å². The number of hydrogen-bond acceptors (Lipinski definition) is 4. The van der Waals surface area contributed by atoms with Gasteiger partial charge in [0.2, 0.25) is 5.91 Å². The molecule has 2 N–H and O–H groups in total. The Hall–Kier alpha value is -2.56. The Labute approximate surface area is 130 Å². The van der Waals surface area contributed by atoms with Crippen molar-refractivity contribution in [3.8, 4) is 5.75 Å². The van der Waals surface area contributed by atoms with Crippen molar-refractivity contribution >= 4 is 11.6 Å². The number of likely N-dealkylation sites (N-methyl/N-ethyl adjacent to an activating group) is 1. The van der Waals surface area contributed by atoms with E-state index in [2.05, 4.69) is 4.98 Å². The maximum atomic E-state index is 12.3. The van der Waals surface area contributed by atoms with Gasteiger partial charge in [-0.2, -0.15) is 0 Å². The minimum Gasteiger partial charge on any atom is -0.494 e. The van der Waals surface area contributed by atoms with Crippen LogP contribution in [0.1, 0.15) is 18.2 Å².